The Kier molecular flexibility index (Phi) is 10.1. The van der Waals surface area contributed by atoms with Crippen molar-refractivity contribution in [3.05, 3.63) is 42.4 Å². The molecule has 2 N–H and O–H groups in total. The van der Waals surface area contributed by atoms with Crippen molar-refractivity contribution in [1.29, 1.82) is 0 Å². The number of nitrogens with zero attached hydrogens (tertiary/aromatic N) is 4. The molecule has 1 saturated carbocycles. The maximum atomic E-state index is 12.2. The standard InChI is InChI=1S/C20H30N6OS.HI/c1-3-21-20(25-17-7-5-8-18(14-17)28(27)4-2)23-15-16-9-11-22-19(13-16)26-12-6-10-24-26;/h6,9-13,17-18H,3-5,7-8,14-15H2,1-2H3,(H2,21,23,25);1H. The van der Waals surface area contributed by atoms with Gasteiger partial charge in [-0.1, -0.05) is 13.3 Å². The number of nitrogens with one attached hydrogen (secondary N) is 2. The smallest absolute Gasteiger partial charge is 0.191 e. The molecule has 29 heavy (non-hydrogen) atoms. The fraction of sp³-hybridized carbons (Fsp3) is 0.550. The normalized spacial score (nSPS) is 20.6. The number of aliphatic imine (C=N–C) groups is 1. The second kappa shape index (κ2) is 12.3. The lowest BCUT2D eigenvalue weighted by molar-refractivity contribution is 0.413. The quantitative estimate of drug-likeness (QED) is 0.327. The van der Waals surface area contributed by atoms with E-state index in [1.165, 1.54) is 0 Å². The van der Waals surface area contributed by atoms with Gasteiger partial charge in [-0.2, -0.15) is 5.10 Å². The maximum absolute atomic E-state index is 12.2. The summed E-state index contributed by atoms with van der Waals surface area (Å²) in [6.07, 6.45) is 9.63. The van der Waals surface area contributed by atoms with Crippen molar-refractivity contribution in [2.24, 2.45) is 4.99 Å². The van der Waals surface area contributed by atoms with Crippen LogP contribution in [0.4, 0.5) is 0 Å². The summed E-state index contributed by atoms with van der Waals surface area (Å²) < 4.78 is 13.9. The molecule has 0 saturated heterocycles. The largest absolute Gasteiger partial charge is 0.357 e. The van der Waals surface area contributed by atoms with Crippen molar-refractivity contribution >= 4 is 40.7 Å². The van der Waals surface area contributed by atoms with Gasteiger partial charge >= 0.3 is 0 Å². The van der Waals surface area contributed by atoms with Gasteiger partial charge < -0.3 is 10.6 Å². The highest BCUT2D eigenvalue weighted by Crippen LogP contribution is 2.23. The van der Waals surface area contributed by atoms with Crippen LogP contribution in [-0.4, -0.2) is 48.5 Å². The summed E-state index contributed by atoms with van der Waals surface area (Å²) in [4.78, 5) is 9.12. The Balaban J connectivity index is 0.00000300. The third kappa shape index (κ3) is 7.06. The minimum atomic E-state index is -0.719. The predicted octanol–water partition coefficient (Wildman–Crippen LogP) is 3.02. The molecular weight excluding hydrogens is 499 g/mol. The Morgan fingerprint density at radius 1 is 1.34 bits per heavy atom. The number of hydrogen-bond donors (Lipinski definition) is 2. The maximum Gasteiger partial charge on any atom is 0.191 e. The third-order valence-corrected chi connectivity index (χ3v) is 6.68. The van der Waals surface area contributed by atoms with E-state index in [1.54, 1.807) is 17.1 Å². The topological polar surface area (TPSA) is 84.2 Å². The summed E-state index contributed by atoms with van der Waals surface area (Å²) in [6, 6.07) is 6.18. The molecule has 0 aliphatic heterocycles. The number of pyridine rings is 1. The summed E-state index contributed by atoms with van der Waals surface area (Å²) in [5.41, 5.74) is 1.08. The van der Waals surface area contributed by atoms with Gasteiger partial charge in [-0.3, -0.25) is 4.21 Å². The lowest BCUT2D eigenvalue weighted by Crippen LogP contribution is -2.46. The van der Waals surface area contributed by atoms with Crippen molar-refractivity contribution in [2.75, 3.05) is 12.3 Å². The summed E-state index contributed by atoms with van der Waals surface area (Å²) in [5, 5.41) is 11.4. The Morgan fingerprint density at radius 3 is 2.93 bits per heavy atom. The average molecular weight is 530 g/mol. The zero-order chi connectivity index (χ0) is 19.8. The molecule has 0 bridgehead atoms. The Bertz CT molecular complexity index is 798. The van der Waals surface area contributed by atoms with Gasteiger partial charge in [-0.05, 0) is 49.9 Å². The number of guanidine groups is 1. The van der Waals surface area contributed by atoms with Gasteiger partial charge in [-0.15, -0.1) is 24.0 Å². The van der Waals surface area contributed by atoms with Crippen molar-refractivity contribution < 1.29 is 4.21 Å². The summed E-state index contributed by atoms with van der Waals surface area (Å²) in [5.74, 6) is 2.34. The molecule has 160 valence electrons. The molecular formula is C20H31IN6OS. The number of halogens is 1. The molecule has 0 amide bonds. The van der Waals surface area contributed by atoms with Crippen LogP contribution in [0.5, 0.6) is 0 Å². The summed E-state index contributed by atoms with van der Waals surface area (Å²) in [6.45, 7) is 5.43. The average Bonchev–Trinajstić information content (AvgIpc) is 3.27. The molecule has 1 fully saturated rings. The van der Waals surface area contributed by atoms with E-state index in [4.69, 9.17) is 4.99 Å². The van der Waals surface area contributed by atoms with Gasteiger partial charge in [0, 0.05) is 53.0 Å². The van der Waals surface area contributed by atoms with E-state index in [-0.39, 0.29) is 24.0 Å². The molecule has 3 rings (SSSR count). The number of aromatic nitrogens is 3. The number of rotatable bonds is 7. The van der Waals surface area contributed by atoms with Crippen LogP contribution in [0.3, 0.4) is 0 Å². The zero-order valence-corrected chi connectivity index (χ0v) is 20.2. The molecule has 7 nitrogen and oxygen atoms in total. The van der Waals surface area contributed by atoms with Crippen LogP contribution >= 0.6 is 24.0 Å². The molecule has 3 atom stereocenters. The molecule has 0 radical (unpaired) electrons. The first kappa shape index (κ1) is 23.8. The van der Waals surface area contributed by atoms with Crippen molar-refractivity contribution in [1.82, 2.24) is 25.4 Å². The fourth-order valence-corrected chi connectivity index (χ4v) is 4.87. The first-order chi connectivity index (χ1) is 13.7. The van der Waals surface area contributed by atoms with Gasteiger partial charge in [0.2, 0.25) is 0 Å². The Hall–Kier alpha value is -1.49. The van der Waals surface area contributed by atoms with Crippen LogP contribution in [0.1, 0.15) is 45.1 Å². The first-order valence-corrected chi connectivity index (χ1v) is 11.4. The van der Waals surface area contributed by atoms with Crippen LogP contribution in [0.2, 0.25) is 0 Å². The van der Waals surface area contributed by atoms with E-state index < -0.39 is 10.8 Å². The molecule has 1 aliphatic rings. The van der Waals surface area contributed by atoms with Gasteiger partial charge in [0.25, 0.3) is 0 Å². The first-order valence-electron chi connectivity index (χ1n) is 10.1. The fourth-order valence-electron chi connectivity index (χ4n) is 3.52. The summed E-state index contributed by atoms with van der Waals surface area (Å²) in [7, 11) is -0.719. The molecule has 0 spiro atoms. The Labute approximate surface area is 192 Å². The van der Waals surface area contributed by atoms with E-state index >= 15 is 0 Å². The van der Waals surface area contributed by atoms with Crippen LogP contribution in [-0.2, 0) is 17.3 Å². The third-order valence-electron chi connectivity index (χ3n) is 4.94. The second-order valence-electron chi connectivity index (χ2n) is 6.97. The highest BCUT2D eigenvalue weighted by Gasteiger charge is 2.26. The van der Waals surface area contributed by atoms with Crippen LogP contribution < -0.4 is 10.6 Å². The summed E-state index contributed by atoms with van der Waals surface area (Å²) >= 11 is 0. The minimum absolute atomic E-state index is 0. The zero-order valence-electron chi connectivity index (χ0n) is 17.1. The number of hydrogen-bond acceptors (Lipinski definition) is 4. The second-order valence-corrected chi connectivity index (χ2v) is 8.97. The molecule has 9 heteroatoms. The monoisotopic (exact) mass is 530 g/mol. The van der Waals surface area contributed by atoms with Crippen molar-refractivity contribution in [3.8, 4) is 5.82 Å². The SMILES string of the molecule is CCNC(=NCc1ccnc(-n2cccn2)c1)NC1CCCC(S(=O)CC)C1.I. The van der Waals surface area contributed by atoms with Gasteiger partial charge in [-0.25, -0.2) is 14.7 Å². The van der Waals surface area contributed by atoms with Crippen molar-refractivity contribution in [2.45, 2.75) is 57.4 Å². The molecule has 2 aromatic heterocycles. The molecule has 2 aromatic rings. The molecule has 3 unspecified atom stereocenters. The van der Waals surface area contributed by atoms with Gasteiger partial charge in [0.05, 0.1) is 6.54 Å². The van der Waals surface area contributed by atoms with Crippen LogP contribution in [0.15, 0.2) is 41.8 Å². The van der Waals surface area contributed by atoms with E-state index in [9.17, 15) is 4.21 Å². The minimum Gasteiger partial charge on any atom is -0.357 e. The molecule has 1 aliphatic carbocycles. The van der Waals surface area contributed by atoms with Crippen LogP contribution in [0.25, 0.3) is 5.82 Å². The van der Waals surface area contributed by atoms with E-state index in [1.807, 2.05) is 31.3 Å². The van der Waals surface area contributed by atoms with E-state index in [2.05, 4.69) is 27.6 Å². The van der Waals surface area contributed by atoms with Crippen LogP contribution in [0, 0.1) is 0 Å². The van der Waals surface area contributed by atoms with Crippen molar-refractivity contribution in [3.63, 3.8) is 0 Å². The molecule has 2 heterocycles. The van der Waals surface area contributed by atoms with E-state index in [0.717, 1.165) is 55.3 Å². The van der Waals surface area contributed by atoms with Gasteiger partial charge in [0.15, 0.2) is 11.8 Å². The Morgan fingerprint density at radius 2 is 2.21 bits per heavy atom. The lowest BCUT2D eigenvalue weighted by Gasteiger charge is -2.30. The van der Waals surface area contributed by atoms with E-state index in [0.29, 0.717) is 17.8 Å². The highest BCUT2D eigenvalue weighted by atomic mass is 127. The lowest BCUT2D eigenvalue weighted by atomic mass is 9.95. The van der Waals surface area contributed by atoms with Gasteiger partial charge in [0.1, 0.15) is 0 Å². The highest BCUT2D eigenvalue weighted by molar-refractivity contribution is 14.0. The predicted molar refractivity (Wildman–Crippen MR) is 129 cm³/mol. The molecule has 0 aromatic carbocycles.